The molecule has 0 saturated heterocycles. The number of hydrogen-bond acceptors (Lipinski definition) is 2. The molecule has 2 aromatic rings. The van der Waals surface area contributed by atoms with Crippen molar-refractivity contribution in [2.75, 3.05) is 6.61 Å². The fourth-order valence-electron chi connectivity index (χ4n) is 1.61. The summed E-state index contributed by atoms with van der Waals surface area (Å²) in [5, 5.41) is 0. The van der Waals surface area contributed by atoms with Gasteiger partial charge in [0.2, 0.25) is 0 Å². The van der Waals surface area contributed by atoms with Crippen LogP contribution in [0.1, 0.15) is 15.9 Å². The number of halogens is 1. The Bertz CT molecular complexity index is 564. The second kappa shape index (κ2) is 5.45. The van der Waals surface area contributed by atoms with Crippen molar-refractivity contribution in [3.63, 3.8) is 0 Å². The average Bonchev–Trinajstić information content (AvgIpc) is 2.37. The number of hydrogen-bond donors (Lipinski definition) is 0. The number of benzene rings is 2. The molecule has 0 heterocycles. The molecule has 0 N–H and O–H groups in total. The van der Waals surface area contributed by atoms with E-state index in [9.17, 15) is 9.18 Å². The Morgan fingerprint density at radius 3 is 2.67 bits per heavy atom. The lowest BCUT2D eigenvalue weighted by Crippen LogP contribution is -2.12. The fraction of sp³-hybridized carbons (Fsp3) is 0.133. The lowest BCUT2D eigenvalue weighted by molar-refractivity contribution is 0.0918. The summed E-state index contributed by atoms with van der Waals surface area (Å²) in [5.74, 6) is -0.532. The fourth-order valence-corrected chi connectivity index (χ4v) is 1.61. The molecule has 3 heteroatoms. The molecule has 0 fully saturated rings. The molecule has 0 unspecified atom stereocenters. The van der Waals surface area contributed by atoms with Gasteiger partial charge in [-0.2, -0.15) is 0 Å². The van der Waals surface area contributed by atoms with Crippen LogP contribution >= 0.6 is 0 Å². The van der Waals surface area contributed by atoms with Gasteiger partial charge in [0.05, 0.1) is 0 Å². The molecule has 0 atom stereocenters. The largest absolute Gasteiger partial charge is 0.482 e. The van der Waals surface area contributed by atoms with Gasteiger partial charge in [-0.15, -0.1) is 0 Å². The van der Waals surface area contributed by atoms with Crippen LogP contribution in [-0.4, -0.2) is 12.4 Å². The molecule has 92 valence electrons. The van der Waals surface area contributed by atoms with Crippen molar-refractivity contribution in [3.05, 3.63) is 65.5 Å². The number of rotatable bonds is 4. The molecule has 0 aromatic heterocycles. The van der Waals surface area contributed by atoms with Gasteiger partial charge in [-0.1, -0.05) is 35.9 Å². The van der Waals surface area contributed by atoms with E-state index in [1.54, 1.807) is 24.3 Å². The van der Waals surface area contributed by atoms with Gasteiger partial charge in [0.25, 0.3) is 0 Å². The molecule has 0 aliphatic carbocycles. The molecule has 18 heavy (non-hydrogen) atoms. The lowest BCUT2D eigenvalue weighted by atomic mass is 10.1. The SMILES string of the molecule is Cc1cccc(C(=O)COc2ccccc2F)c1. The van der Waals surface area contributed by atoms with E-state index in [1.165, 1.54) is 12.1 Å². The quantitative estimate of drug-likeness (QED) is 0.770. The average molecular weight is 244 g/mol. The van der Waals surface area contributed by atoms with Crippen LogP contribution in [0.4, 0.5) is 4.39 Å². The number of carbonyl (C=O) groups is 1. The molecular formula is C15H13FO2. The van der Waals surface area contributed by atoms with E-state index < -0.39 is 5.82 Å². The number of ketones is 1. The second-order valence-corrected chi connectivity index (χ2v) is 4.01. The maximum Gasteiger partial charge on any atom is 0.200 e. The van der Waals surface area contributed by atoms with Crippen LogP contribution in [0.5, 0.6) is 5.75 Å². The molecule has 0 radical (unpaired) electrons. The maximum absolute atomic E-state index is 13.3. The number of aryl methyl sites for hydroxylation is 1. The zero-order valence-corrected chi connectivity index (χ0v) is 10.0. The summed E-state index contributed by atoms with van der Waals surface area (Å²) in [6.07, 6.45) is 0. The van der Waals surface area contributed by atoms with E-state index in [0.717, 1.165) is 5.56 Å². The van der Waals surface area contributed by atoms with Crippen LogP contribution in [0.3, 0.4) is 0 Å². The van der Waals surface area contributed by atoms with E-state index in [-0.39, 0.29) is 18.1 Å². The molecule has 0 amide bonds. The van der Waals surface area contributed by atoms with Crippen molar-refractivity contribution < 1.29 is 13.9 Å². The van der Waals surface area contributed by atoms with Gasteiger partial charge >= 0.3 is 0 Å². The highest BCUT2D eigenvalue weighted by Gasteiger charge is 2.08. The van der Waals surface area contributed by atoms with Crippen molar-refractivity contribution >= 4 is 5.78 Å². The van der Waals surface area contributed by atoms with E-state index >= 15 is 0 Å². The summed E-state index contributed by atoms with van der Waals surface area (Å²) in [5.41, 5.74) is 1.58. The Morgan fingerprint density at radius 2 is 1.94 bits per heavy atom. The normalized spacial score (nSPS) is 10.1. The zero-order chi connectivity index (χ0) is 13.0. The van der Waals surface area contributed by atoms with E-state index in [0.29, 0.717) is 5.56 Å². The highest BCUT2D eigenvalue weighted by atomic mass is 19.1. The first-order valence-electron chi connectivity index (χ1n) is 5.64. The zero-order valence-electron chi connectivity index (χ0n) is 10.0. The lowest BCUT2D eigenvalue weighted by Gasteiger charge is -2.06. The van der Waals surface area contributed by atoms with Crippen LogP contribution in [0.25, 0.3) is 0 Å². The van der Waals surface area contributed by atoms with Crippen LogP contribution in [-0.2, 0) is 0 Å². The Balaban J connectivity index is 2.03. The van der Waals surface area contributed by atoms with Crippen molar-refractivity contribution in [3.8, 4) is 5.75 Å². The van der Waals surface area contributed by atoms with Gasteiger partial charge < -0.3 is 4.74 Å². The number of Topliss-reactive ketones (excluding diaryl/α,β-unsaturated/α-hetero) is 1. The summed E-state index contributed by atoms with van der Waals surface area (Å²) in [4.78, 5) is 11.8. The first kappa shape index (κ1) is 12.3. The monoisotopic (exact) mass is 244 g/mol. The molecule has 0 aliphatic heterocycles. The first-order chi connectivity index (χ1) is 8.66. The van der Waals surface area contributed by atoms with E-state index in [2.05, 4.69) is 0 Å². The van der Waals surface area contributed by atoms with Crippen molar-refractivity contribution in [1.29, 1.82) is 0 Å². The standard InChI is InChI=1S/C15H13FO2/c1-11-5-4-6-12(9-11)14(17)10-18-15-8-3-2-7-13(15)16/h2-9H,10H2,1H3. The minimum absolute atomic E-state index is 0.0958. The minimum Gasteiger partial charge on any atom is -0.482 e. The van der Waals surface area contributed by atoms with Gasteiger partial charge in [-0.25, -0.2) is 4.39 Å². The molecule has 0 bridgehead atoms. The summed E-state index contributed by atoms with van der Waals surface area (Å²) >= 11 is 0. The van der Waals surface area contributed by atoms with Crippen LogP contribution in [0.15, 0.2) is 48.5 Å². The van der Waals surface area contributed by atoms with Crippen LogP contribution in [0.2, 0.25) is 0 Å². The molecular weight excluding hydrogens is 231 g/mol. The molecule has 2 nitrogen and oxygen atoms in total. The van der Waals surface area contributed by atoms with Gasteiger partial charge in [0.15, 0.2) is 24.0 Å². The molecule has 0 aliphatic rings. The Morgan fingerprint density at radius 1 is 1.17 bits per heavy atom. The predicted molar refractivity (Wildman–Crippen MR) is 67.4 cm³/mol. The van der Waals surface area contributed by atoms with Gasteiger partial charge in [-0.05, 0) is 25.1 Å². The first-order valence-corrected chi connectivity index (χ1v) is 5.64. The highest BCUT2D eigenvalue weighted by Crippen LogP contribution is 2.15. The molecule has 2 rings (SSSR count). The molecule has 0 saturated carbocycles. The van der Waals surface area contributed by atoms with Crippen molar-refractivity contribution in [2.45, 2.75) is 6.92 Å². The topological polar surface area (TPSA) is 26.3 Å². The smallest absolute Gasteiger partial charge is 0.200 e. The van der Waals surface area contributed by atoms with Gasteiger partial charge in [0, 0.05) is 5.56 Å². The summed E-state index contributed by atoms with van der Waals surface area (Å²) in [6.45, 7) is 1.75. The van der Waals surface area contributed by atoms with Gasteiger partial charge in [0.1, 0.15) is 0 Å². The third-order valence-electron chi connectivity index (χ3n) is 2.54. The summed E-state index contributed by atoms with van der Waals surface area (Å²) in [7, 11) is 0. The van der Waals surface area contributed by atoms with Crippen LogP contribution < -0.4 is 4.74 Å². The third kappa shape index (κ3) is 2.94. The van der Waals surface area contributed by atoms with Crippen LogP contribution in [0, 0.1) is 12.7 Å². The predicted octanol–water partition coefficient (Wildman–Crippen LogP) is 3.40. The minimum atomic E-state index is -0.463. The van der Waals surface area contributed by atoms with E-state index in [1.807, 2.05) is 19.1 Å². The number of para-hydroxylation sites is 1. The summed E-state index contributed by atoms with van der Waals surface area (Å²) in [6, 6.07) is 13.3. The highest BCUT2D eigenvalue weighted by molar-refractivity contribution is 5.97. The third-order valence-corrected chi connectivity index (χ3v) is 2.54. The Hall–Kier alpha value is -2.16. The maximum atomic E-state index is 13.3. The second-order valence-electron chi connectivity index (χ2n) is 4.01. The van der Waals surface area contributed by atoms with Crippen molar-refractivity contribution in [1.82, 2.24) is 0 Å². The number of carbonyl (C=O) groups excluding carboxylic acids is 1. The Kier molecular flexibility index (Phi) is 3.72. The van der Waals surface area contributed by atoms with E-state index in [4.69, 9.17) is 4.74 Å². The molecule has 0 spiro atoms. The van der Waals surface area contributed by atoms with Gasteiger partial charge in [-0.3, -0.25) is 4.79 Å². The number of ether oxygens (including phenoxy) is 1. The summed E-state index contributed by atoms with van der Waals surface area (Å²) < 4.78 is 18.4. The van der Waals surface area contributed by atoms with Crippen molar-refractivity contribution in [2.24, 2.45) is 0 Å². The Labute approximate surface area is 105 Å². The molecule has 2 aromatic carbocycles.